The molecule has 2 amide bonds. The predicted molar refractivity (Wildman–Crippen MR) is 153 cm³/mol. The van der Waals surface area contributed by atoms with Gasteiger partial charge in [-0.1, -0.05) is 55.0 Å². The Morgan fingerprint density at radius 2 is 1.66 bits per heavy atom. The molecule has 0 aliphatic rings. The number of carboxylic acid groups (broad SMARTS) is 1. The van der Waals surface area contributed by atoms with Crippen LogP contribution in [0.3, 0.4) is 0 Å². The average Bonchev–Trinajstić information content (AvgIpc) is 3.27. The Morgan fingerprint density at radius 3 is 2.34 bits per heavy atom. The molecule has 0 spiro atoms. The maximum Gasteiger partial charge on any atom is 0.336 e. The van der Waals surface area contributed by atoms with Crippen LogP contribution in [-0.4, -0.2) is 33.1 Å². The van der Waals surface area contributed by atoms with Crippen LogP contribution in [0.1, 0.15) is 44.5 Å². The fourth-order valence-corrected chi connectivity index (χ4v) is 5.67. The summed E-state index contributed by atoms with van der Waals surface area (Å²) in [5, 5.41) is 15.3. The summed E-state index contributed by atoms with van der Waals surface area (Å²) in [6.07, 6.45) is 0.592. The highest BCUT2D eigenvalue weighted by molar-refractivity contribution is 8.00. The maximum absolute atomic E-state index is 13.1. The van der Waals surface area contributed by atoms with Crippen molar-refractivity contribution < 1.29 is 19.5 Å². The normalized spacial score (nSPS) is 11.6. The molecule has 3 aromatic carbocycles. The van der Waals surface area contributed by atoms with Gasteiger partial charge in [0.05, 0.1) is 22.1 Å². The van der Waals surface area contributed by atoms with Gasteiger partial charge in [-0.25, -0.2) is 9.78 Å². The first-order valence-electron chi connectivity index (χ1n) is 12.0. The third kappa shape index (κ3) is 6.48. The van der Waals surface area contributed by atoms with Crippen molar-refractivity contribution in [3.05, 3.63) is 94.4 Å². The molecule has 0 aliphatic carbocycles. The number of hydrogen-bond donors (Lipinski definition) is 3. The molecule has 1 unspecified atom stereocenters. The van der Waals surface area contributed by atoms with E-state index in [1.54, 1.807) is 30.3 Å². The second-order valence-corrected chi connectivity index (χ2v) is 11.1. The topological polar surface area (TPSA) is 108 Å². The number of aryl methyl sites for hydroxylation is 2. The summed E-state index contributed by atoms with van der Waals surface area (Å²) in [4.78, 5) is 43.8. The van der Waals surface area contributed by atoms with Crippen LogP contribution in [0.5, 0.6) is 0 Å². The fourth-order valence-electron chi connectivity index (χ4n) is 3.81. The number of thioether (sulfide) groups is 1. The number of aromatic carboxylic acids is 1. The molecule has 1 atom stereocenters. The Kier molecular flexibility index (Phi) is 8.60. The van der Waals surface area contributed by atoms with E-state index in [-0.39, 0.29) is 22.3 Å². The van der Waals surface area contributed by atoms with Crippen LogP contribution in [-0.2, 0) is 4.79 Å². The second kappa shape index (κ2) is 12.1. The number of amides is 2. The number of carbonyl (C=O) groups is 3. The summed E-state index contributed by atoms with van der Waals surface area (Å²) in [6, 6.07) is 21.3. The van der Waals surface area contributed by atoms with E-state index in [0.717, 1.165) is 21.0 Å². The van der Waals surface area contributed by atoms with E-state index in [9.17, 15) is 19.5 Å². The number of anilines is 2. The van der Waals surface area contributed by atoms with Gasteiger partial charge in [0.1, 0.15) is 0 Å². The van der Waals surface area contributed by atoms with Crippen molar-refractivity contribution in [1.29, 1.82) is 0 Å². The second-order valence-electron chi connectivity index (χ2n) is 8.63. The van der Waals surface area contributed by atoms with E-state index in [1.165, 1.54) is 40.8 Å². The van der Waals surface area contributed by atoms with Crippen molar-refractivity contribution >= 4 is 51.7 Å². The van der Waals surface area contributed by atoms with Crippen LogP contribution in [0.4, 0.5) is 10.8 Å². The van der Waals surface area contributed by atoms with Gasteiger partial charge in [0, 0.05) is 21.0 Å². The van der Waals surface area contributed by atoms with E-state index in [4.69, 9.17) is 0 Å². The lowest BCUT2D eigenvalue weighted by Crippen LogP contribution is -2.24. The molecule has 1 heterocycles. The highest BCUT2D eigenvalue weighted by Gasteiger charge is 2.21. The molecular formula is C29H27N3O4S2. The number of carboxylic acids is 1. The first kappa shape index (κ1) is 27.1. The highest BCUT2D eigenvalue weighted by atomic mass is 32.2. The standard InChI is InChI=1S/C29H27N3O4S2/c1-4-24(27(34)32-29-31-25(18(3)37-29)19-14-12-17(2)13-15-19)38-21-9-7-8-20(16-21)30-26(33)22-10-5-6-11-23(22)28(35)36/h5-16,24H,4H2,1-3H3,(H,30,33)(H,35,36)(H,31,32,34). The number of thiazole rings is 1. The molecule has 9 heteroatoms. The molecule has 38 heavy (non-hydrogen) atoms. The van der Waals surface area contributed by atoms with Crippen LogP contribution in [0, 0.1) is 13.8 Å². The number of hydrogen-bond acceptors (Lipinski definition) is 6. The van der Waals surface area contributed by atoms with Crippen LogP contribution >= 0.6 is 23.1 Å². The molecule has 0 radical (unpaired) electrons. The van der Waals surface area contributed by atoms with E-state index in [1.807, 2.05) is 51.1 Å². The van der Waals surface area contributed by atoms with Crippen molar-refractivity contribution in [2.24, 2.45) is 0 Å². The minimum Gasteiger partial charge on any atom is -0.478 e. The summed E-state index contributed by atoms with van der Waals surface area (Å²) in [7, 11) is 0. The zero-order valence-corrected chi connectivity index (χ0v) is 22.8. The lowest BCUT2D eigenvalue weighted by molar-refractivity contribution is -0.115. The third-order valence-electron chi connectivity index (χ3n) is 5.79. The third-order valence-corrected chi connectivity index (χ3v) is 8.03. The first-order valence-corrected chi connectivity index (χ1v) is 13.7. The van der Waals surface area contributed by atoms with Crippen molar-refractivity contribution in [2.75, 3.05) is 10.6 Å². The lowest BCUT2D eigenvalue weighted by Gasteiger charge is -2.14. The zero-order chi connectivity index (χ0) is 27.2. The Morgan fingerprint density at radius 1 is 0.947 bits per heavy atom. The number of rotatable bonds is 9. The molecule has 0 saturated heterocycles. The average molecular weight is 546 g/mol. The number of benzene rings is 3. The molecule has 3 N–H and O–H groups in total. The predicted octanol–water partition coefficient (Wildman–Crippen LogP) is 6.89. The molecule has 194 valence electrons. The van der Waals surface area contributed by atoms with E-state index in [0.29, 0.717) is 17.2 Å². The SMILES string of the molecule is CCC(Sc1cccc(NC(=O)c2ccccc2C(=O)O)c1)C(=O)Nc1nc(-c2ccc(C)cc2)c(C)s1. The van der Waals surface area contributed by atoms with Crippen LogP contribution < -0.4 is 10.6 Å². The minimum absolute atomic E-state index is 0.0683. The molecule has 0 bridgehead atoms. The van der Waals surface area contributed by atoms with Crippen LogP contribution in [0.2, 0.25) is 0 Å². The Bertz CT molecular complexity index is 1480. The van der Waals surface area contributed by atoms with Crippen molar-refractivity contribution in [2.45, 2.75) is 37.3 Å². The Balaban J connectivity index is 1.44. The van der Waals surface area contributed by atoms with Gasteiger partial charge in [-0.05, 0) is 50.6 Å². The quantitative estimate of drug-likeness (QED) is 0.198. The Labute approximate surface area is 229 Å². The largest absolute Gasteiger partial charge is 0.478 e. The van der Waals surface area contributed by atoms with Gasteiger partial charge < -0.3 is 15.7 Å². The molecule has 7 nitrogen and oxygen atoms in total. The molecule has 4 aromatic rings. The lowest BCUT2D eigenvalue weighted by atomic mass is 10.1. The van der Waals surface area contributed by atoms with Gasteiger partial charge in [-0.2, -0.15) is 0 Å². The summed E-state index contributed by atoms with van der Waals surface area (Å²) >= 11 is 2.83. The van der Waals surface area contributed by atoms with Crippen LogP contribution in [0.15, 0.2) is 77.7 Å². The zero-order valence-electron chi connectivity index (χ0n) is 21.1. The number of carbonyl (C=O) groups excluding carboxylic acids is 2. The summed E-state index contributed by atoms with van der Waals surface area (Å²) < 4.78 is 0. The van der Waals surface area contributed by atoms with Gasteiger partial charge in [0.25, 0.3) is 5.91 Å². The molecule has 4 rings (SSSR count). The molecular weight excluding hydrogens is 518 g/mol. The van der Waals surface area contributed by atoms with E-state index >= 15 is 0 Å². The van der Waals surface area contributed by atoms with Crippen molar-refractivity contribution in [3.8, 4) is 11.3 Å². The maximum atomic E-state index is 13.1. The molecule has 0 fully saturated rings. The van der Waals surface area contributed by atoms with E-state index in [2.05, 4.69) is 15.6 Å². The number of aromatic nitrogens is 1. The number of nitrogens with one attached hydrogen (secondary N) is 2. The van der Waals surface area contributed by atoms with Gasteiger partial charge in [-0.15, -0.1) is 23.1 Å². The fraction of sp³-hybridized carbons (Fsp3) is 0.172. The highest BCUT2D eigenvalue weighted by Crippen LogP contribution is 2.32. The van der Waals surface area contributed by atoms with Gasteiger partial charge in [0.2, 0.25) is 5.91 Å². The van der Waals surface area contributed by atoms with Crippen molar-refractivity contribution in [3.63, 3.8) is 0 Å². The summed E-state index contributed by atoms with van der Waals surface area (Å²) in [6.45, 7) is 5.97. The monoisotopic (exact) mass is 545 g/mol. The summed E-state index contributed by atoms with van der Waals surface area (Å²) in [5.74, 6) is -1.83. The van der Waals surface area contributed by atoms with Crippen LogP contribution in [0.25, 0.3) is 11.3 Å². The number of nitrogens with zero attached hydrogens (tertiary/aromatic N) is 1. The van der Waals surface area contributed by atoms with Gasteiger partial charge >= 0.3 is 5.97 Å². The molecule has 0 saturated carbocycles. The van der Waals surface area contributed by atoms with Gasteiger partial charge in [-0.3, -0.25) is 9.59 Å². The first-order chi connectivity index (χ1) is 18.2. The smallest absolute Gasteiger partial charge is 0.336 e. The molecule has 1 aromatic heterocycles. The van der Waals surface area contributed by atoms with E-state index < -0.39 is 11.9 Å². The Hall–Kier alpha value is -3.95. The summed E-state index contributed by atoms with van der Waals surface area (Å²) in [5.41, 5.74) is 3.56. The minimum atomic E-state index is -1.17. The van der Waals surface area contributed by atoms with Crippen molar-refractivity contribution in [1.82, 2.24) is 4.98 Å². The molecule has 0 aliphatic heterocycles. The van der Waals surface area contributed by atoms with Gasteiger partial charge in [0.15, 0.2) is 5.13 Å².